The van der Waals surface area contributed by atoms with Crippen LogP contribution in [0.1, 0.15) is 25.3 Å². The highest BCUT2D eigenvalue weighted by molar-refractivity contribution is 7.88. The quantitative estimate of drug-likeness (QED) is 0.724. The minimum atomic E-state index is -3.24. The number of rotatable bonds is 9. The number of nitrogens with zero attached hydrogens (tertiary/aromatic N) is 1. The lowest BCUT2D eigenvalue weighted by Gasteiger charge is -2.19. The molecule has 0 radical (unpaired) electrons. The molecule has 1 heterocycles. The van der Waals surface area contributed by atoms with E-state index in [0.29, 0.717) is 19.6 Å². The summed E-state index contributed by atoms with van der Waals surface area (Å²) in [5.74, 6) is -0.108. The van der Waals surface area contributed by atoms with Gasteiger partial charge in [0, 0.05) is 36.7 Å². The Hall–Kier alpha value is -1.86. The minimum absolute atomic E-state index is 0.108. The van der Waals surface area contributed by atoms with E-state index in [-0.39, 0.29) is 12.3 Å². The van der Waals surface area contributed by atoms with Crippen LogP contribution in [-0.2, 0) is 21.2 Å². The highest BCUT2D eigenvalue weighted by atomic mass is 32.2. The summed E-state index contributed by atoms with van der Waals surface area (Å²) in [6, 6.07) is 7.83. The van der Waals surface area contributed by atoms with Gasteiger partial charge in [-0.25, -0.2) is 12.7 Å². The van der Waals surface area contributed by atoms with E-state index in [0.717, 1.165) is 29.3 Å². The Balaban J connectivity index is 1.86. The number of nitrogens with one attached hydrogen (secondary N) is 2. The van der Waals surface area contributed by atoms with Gasteiger partial charge in [-0.1, -0.05) is 31.5 Å². The molecule has 2 N–H and O–H groups in total. The van der Waals surface area contributed by atoms with Crippen LogP contribution in [0.4, 0.5) is 0 Å². The first kappa shape index (κ1) is 18.5. The smallest absolute Gasteiger partial charge is 0.224 e. The molecular weight excluding hydrogens is 326 g/mol. The van der Waals surface area contributed by atoms with Crippen LogP contribution in [0.2, 0.25) is 0 Å². The van der Waals surface area contributed by atoms with Crippen LogP contribution in [0.5, 0.6) is 0 Å². The molecule has 0 saturated carbocycles. The number of para-hydroxylation sites is 1. The van der Waals surface area contributed by atoms with Crippen LogP contribution < -0.4 is 5.32 Å². The first-order chi connectivity index (χ1) is 11.4. The Labute approximate surface area is 143 Å². The number of fused-ring (bicyclic) bond motifs is 1. The maximum atomic E-state index is 12.1. The van der Waals surface area contributed by atoms with Gasteiger partial charge in [0.15, 0.2) is 0 Å². The molecule has 24 heavy (non-hydrogen) atoms. The Morgan fingerprint density at radius 2 is 2.00 bits per heavy atom. The van der Waals surface area contributed by atoms with Gasteiger partial charge in [-0.05, 0) is 18.1 Å². The van der Waals surface area contributed by atoms with E-state index in [4.69, 9.17) is 0 Å². The summed E-state index contributed by atoms with van der Waals surface area (Å²) < 4.78 is 24.9. The van der Waals surface area contributed by atoms with Crippen molar-refractivity contribution >= 4 is 26.8 Å². The number of aromatic nitrogens is 1. The number of sulfonamides is 1. The second kappa shape index (κ2) is 8.30. The van der Waals surface area contributed by atoms with Crippen LogP contribution >= 0.6 is 0 Å². The average Bonchev–Trinajstić information content (AvgIpc) is 2.92. The van der Waals surface area contributed by atoms with Gasteiger partial charge in [-0.15, -0.1) is 0 Å². The molecule has 0 spiro atoms. The van der Waals surface area contributed by atoms with Crippen molar-refractivity contribution in [2.75, 3.05) is 25.9 Å². The van der Waals surface area contributed by atoms with Gasteiger partial charge < -0.3 is 10.3 Å². The van der Waals surface area contributed by atoms with Crippen LogP contribution in [0.3, 0.4) is 0 Å². The predicted molar refractivity (Wildman–Crippen MR) is 96.3 cm³/mol. The zero-order valence-electron chi connectivity index (χ0n) is 14.2. The number of aromatic amines is 1. The van der Waals surface area contributed by atoms with Crippen LogP contribution in [0.25, 0.3) is 10.9 Å². The first-order valence-corrected chi connectivity index (χ1v) is 10.0. The average molecular weight is 351 g/mol. The molecule has 0 aliphatic rings. The Kier molecular flexibility index (Phi) is 6.39. The number of carbonyl (C=O) groups is 1. The third-order valence-electron chi connectivity index (χ3n) is 3.94. The van der Waals surface area contributed by atoms with Crippen molar-refractivity contribution in [3.63, 3.8) is 0 Å². The van der Waals surface area contributed by atoms with Crippen LogP contribution in [0.15, 0.2) is 30.5 Å². The lowest BCUT2D eigenvalue weighted by molar-refractivity contribution is -0.120. The summed E-state index contributed by atoms with van der Waals surface area (Å²) in [6.07, 6.45) is 5.07. The van der Waals surface area contributed by atoms with E-state index < -0.39 is 10.0 Å². The molecule has 1 aromatic carbocycles. The second-order valence-electron chi connectivity index (χ2n) is 5.90. The second-order valence-corrected chi connectivity index (χ2v) is 7.88. The van der Waals surface area contributed by atoms with Crippen molar-refractivity contribution in [1.29, 1.82) is 0 Å². The summed E-state index contributed by atoms with van der Waals surface area (Å²) in [4.78, 5) is 15.2. The Bertz CT molecular complexity index is 783. The van der Waals surface area contributed by atoms with Crippen LogP contribution in [0, 0.1) is 0 Å². The lowest BCUT2D eigenvalue weighted by atomic mass is 10.1. The number of H-pyrrole nitrogens is 1. The SMILES string of the molecule is CCCCN(CCNC(=O)Cc1c[nH]c2ccccc12)S(C)(=O)=O. The van der Waals surface area contributed by atoms with E-state index in [1.54, 1.807) is 0 Å². The van der Waals surface area contributed by atoms with Crippen LogP contribution in [-0.4, -0.2) is 49.5 Å². The fraction of sp³-hybridized carbons (Fsp3) is 0.471. The largest absolute Gasteiger partial charge is 0.361 e. The molecule has 0 saturated heterocycles. The Morgan fingerprint density at radius 1 is 1.25 bits per heavy atom. The molecule has 132 valence electrons. The predicted octanol–water partition coefficient (Wildman–Crippen LogP) is 1.89. The van der Waals surface area contributed by atoms with Crippen molar-refractivity contribution in [3.8, 4) is 0 Å². The van der Waals surface area contributed by atoms with Crippen molar-refractivity contribution in [2.24, 2.45) is 0 Å². The van der Waals surface area contributed by atoms with Gasteiger partial charge in [-0.3, -0.25) is 4.79 Å². The lowest BCUT2D eigenvalue weighted by Crippen LogP contribution is -2.39. The van der Waals surface area contributed by atoms with Gasteiger partial charge >= 0.3 is 0 Å². The zero-order valence-corrected chi connectivity index (χ0v) is 15.0. The number of hydrogen-bond acceptors (Lipinski definition) is 3. The normalized spacial score (nSPS) is 12.0. The monoisotopic (exact) mass is 351 g/mol. The third kappa shape index (κ3) is 5.07. The summed E-state index contributed by atoms with van der Waals surface area (Å²) >= 11 is 0. The molecule has 0 aliphatic carbocycles. The van der Waals surface area contributed by atoms with Gasteiger partial charge in [0.25, 0.3) is 0 Å². The molecule has 1 aromatic heterocycles. The number of hydrogen-bond donors (Lipinski definition) is 2. The summed E-state index contributed by atoms with van der Waals surface area (Å²) in [7, 11) is -3.24. The molecule has 0 unspecified atom stereocenters. The molecule has 2 rings (SSSR count). The summed E-state index contributed by atoms with van der Waals surface area (Å²) in [5.41, 5.74) is 1.94. The number of benzene rings is 1. The standard InChI is InChI=1S/C17H25N3O3S/c1-3-4-10-20(24(2,22)23)11-9-18-17(21)12-14-13-19-16-8-6-5-7-15(14)16/h5-8,13,19H,3-4,9-12H2,1-2H3,(H,18,21). The molecule has 2 aromatic rings. The van der Waals surface area contributed by atoms with Gasteiger partial charge in [0.2, 0.25) is 15.9 Å². The maximum absolute atomic E-state index is 12.1. The molecule has 0 bridgehead atoms. The molecule has 1 amide bonds. The van der Waals surface area contributed by atoms with Crippen molar-refractivity contribution in [1.82, 2.24) is 14.6 Å². The highest BCUT2D eigenvalue weighted by Crippen LogP contribution is 2.17. The van der Waals surface area contributed by atoms with Gasteiger partial charge in [0.05, 0.1) is 12.7 Å². The molecule has 0 atom stereocenters. The molecule has 0 aliphatic heterocycles. The molecule has 0 fully saturated rings. The first-order valence-electron chi connectivity index (χ1n) is 8.18. The summed E-state index contributed by atoms with van der Waals surface area (Å²) in [6.45, 7) is 3.13. The fourth-order valence-electron chi connectivity index (χ4n) is 2.61. The van der Waals surface area contributed by atoms with E-state index in [9.17, 15) is 13.2 Å². The fourth-order valence-corrected chi connectivity index (χ4v) is 3.49. The van der Waals surface area contributed by atoms with Crippen molar-refractivity contribution in [2.45, 2.75) is 26.2 Å². The summed E-state index contributed by atoms with van der Waals surface area (Å²) in [5, 5.41) is 3.84. The van der Waals surface area contributed by atoms with Crippen molar-refractivity contribution < 1.29 is 13.2 Å². The molecule has 7 heteroatoms. The highest BCUT2D eigenvalue weighted by Gasteiger charge is 2.16. The van der Waals surface area contributed by atoms with E-state index in [1.807, 2.05) is 37.4 Å². The molecular formula is C17H25N3O3S. The zero-order chi connectivity index (χ0) is 17.6. The van der Waals surface area contributed by atoms with E-state index in [2.05, 4.69) is 10.3 Å². The third-order valence-corrected chi connectivity index (χ3v) is 5.24. The van der Waals surface area contributed by atoms with Crippen molar-refractivity contribution in [3.05, 3.63) is 36.0 Å². The number of unbranched alkanes of at least 4 members (excludes halogenated alkanes) is 1. The Morgan fingerprint density at radius 3 is 2.71 bits per heavy atom. The topological polar surface area (TPSA) is 82.3 Å². The maximum Gasteiger partial charge on any atom is 0.224 e. The number of amides is 1. The minimum Gasteiger partial charge on any atom is -0.361 e. The molecule has 6 nitrogen and oxygen atoms in total. The van der Waals surface area contributed by atoms with Gasteiger partial charge in [0.1, 0.15) is 0 Å². The number of carbonyl (C=O) groups excluding carboxylic acids is 1. The van der Waals surface area contributed by atoms with E-state index >= 15 is 0 Å². The van der Waals surface area contributed by atoms with E-state index in [1.165, 1.54) is 10.6 Å². The van der Waals surface area contributed by atoms with Gasteiger partial charge in [-0.2, -0.15) is 0 Å².